The van der Waals surface area contributed by atoms with Crippen LogP contribution in [0.5, 0.6) is 0 Å². The average Bonchev–Trinajstić information content (AvgIpc) is 3.14. The van der Waals surface area contributed by atoms with E-state index in [-0.39, 0.29) is 17.2 Å². The Morgan fingerprint density at radius 1 is 1.41 bits per heavy atom. The molecule has 17 heavy (non-hydrogen) atoms. The Bertz CT molecular complexity index is 324. The lowest BCUT2D eigenvalue weighted by Gasteiger charge is -2.16. The highest BCUT2D eigenvalue weighted by molar-refractivity contribution is 7.80. The normalized spacial score (nSPS) is 22.7. The molecule has 0 bridgehead atoms. The highest BCUT2D eigenvalue weighted by atomic mass is 32.1. The van der Waals surface area contributed by atoms with Gasteiger partial charge in [0.25, 0.3) is 0 Å². The third kappa shape index (κ3) is 3.63. The van der Waals surface area contributed by atoms with Gasteiger partial charge in [-0.05, 0) is 43.8 Å². The van der Waals surface area contributed by atoms with Gasteiger partial charge in [-0.25, -0.2) is 0 Å². The molecule has 0 aromatic heterocycles. The van der Waals surface area contributed by atoms with E-state index >= 15 is 0 Å². The molecule has 0 aromatic carbocycles. The predicted molar refractivity (Wildman–Crippen MR) is 68.9 cm³/mol. The summed E-state index contributed by atoms with van der Waals surface area (Å²) in [6.07, 6.45) is 4.78. The van der Waals surface area contributed by atoms with E-state index in [1.165, 1.54) is 0 Å². The molecule has 2 aliphatic carbocycles. The third-order valence-electron chi connectivity index (χ3n) is 3.52. The van der Waals surface area contributed by atoms with Crippen LogP contribution in [0.4, 0.5) is 0 Å². The first-order chi connectivity index (χ1) is 8.04. The Labute approximate surface area is 107 Å². The van der Waals surface area contributed by atoms with E-state index in [0.717, 1.165) is 31.4 Å². The highest BCUT2D eigenvalue weighted by Gasteiger charge is 2.43. The summed E-state index contributed by atoms with van der Waals surface area (Å²) in [6, 6.07) is -0.0899. The van der Waals surface area contributed by atoms with Crippen LogP contribution < -0.4 is 10.6 Å². The molecule has 2 aliphatic rings. The third-order valence-corrected chi connectivity index (χ3v) is 4.19. The van der Waals surface area contributed by atoms with Crippen molar-refractivity contribution in [1.82, 2.24) is 10.6 Å². The first-order valence-corrected chi connectivity index (χ1v) is 6.88. The molecule has 1 unspecified atom stereocenters. The number of hydrogen-bond donors (Lipinski definition) is 3. The molecule has 2 saturated carbocycles. The van der Waals surface area contributed by atoms with Crippen molar-refractivity contribution in [3.8, 4) is 0 Å². The van der Waals surface area contributed by atoms with E-state index in [2.05, 4.69) is 23.3 Å². The molecule has 96 valence electrons. The molecule has 5 heteroatoms. The van der Waals surface area contributed by atoms with Gasteiger partial charge >= 0.3 is 0 Å². The molecule has 0 aromatic rings. The van der Waals surface area contributed by atoms with Crippen molar-refractivity contribution in [2.24, 2.45) is 5.41 Å². The maximum absolute atomic E-state index is 11.7. The number of carbonyl (C=O) groups is 2. The summed E-state index contributed by atoms with van der Waals surface area (Å²) >= 11 is 4.26. The van der Waals surface area contributed by atoms with Gasteiger partial charge in [0.15, 0.2) is 0 Å². The van der Waals surface area contributed by atoms with E-state index < -0.39 is 6.04 Å². The monoisotopic (exact) mass is 256 g/mol. The van der Waals surface area contributed by atoms with Gasteiger partial charge in [0.05, 0.1) is 0 Å². The van der Waals surface area contributed by atoms with Crippen LogP contribution in [0, 0.1) is 5.41 Å². The Hall–Kier alpha value is -0.710. The van der Waals surface area contributed by atoms with Gasteiger partial charge in [-0.1, -0.05) is 0 Å². The molecule has 0 heterocycles. The van der Waals surface area contributed by atoms with Crippen LogP contribution in [0.15, 0.2) is 0 Å². The maximum atomic E-state index is 11.7. The van der Waals surface area contributed by atoms with Crippen LogP contribution in [0.25, 0.3) is 0 Å². The minimum atomic E-state index is -0.432. The van der Waals surface area contributed by atoms with E-state index in [1.54, 1.807) is 6.92 Å². The number of amides is 2. The van der Waals surface area contributed by atoms with Crippen molar-refractivity contribution < 1.29 is 9.59 Å². The predicted octanol–water partition coefficient (Wildman–Crippen LogP) is 0.870. The van der Waals surface area contributed by atoms with Crippen LogP contribution in [0.1, 0.15) is 39.0 Å². The molecular formula is C12H20N2O2S. The second-order valence-electron chi connectivity index (χ2n) is 5.41. The van der Waals surface area contributed by atoms with Crippen LogP contribution in [-0.4, -0.2) is 29.7 Å². The number of thiol groups is 1. The van der Waals surface area contributed by atoms with E-state index in [9.17, 15) is 9.59 Å². The van der Waals surface area contributed by atoms with Gasteiger partial charge in [-0.15, -0.1) is 0 Å². The van der Waals surface area contributed by atoms with Crippen LogP contribution in [0.3, 0.4) is 0 Å². The molecule has 0 aliphatic heterocycles. The molecule has 1 atom stereocenters. The smallest absolute Gasteiger partial charge is 0.242 e. The van der Waals surface area contributed by atoms with Gasteiger partial charge < -0.3 is 10.6 Å². The molecule has 2 amide bonds. The van der Waals surface area contributed by atoms with Crippen molar-refractivity contribution in [2.45, 2.75) is 51.1 Å². The van der Waals surface area contributed by atoms with Crippen molar-refractivity contribution in [2.75, 3.05) is 5.75 Å². The summed E-state index contributed by atoms with van der Waals surface area (Å²) in [6.45, 7) is 1.73. The van der Waals surface area contributed by atoms with Gasteiger partial charge in [0, 0.05) is 12.5 Å². The molecular weight excluding hydrogens is 236 g/mol. The Morgan fingerprint density at radius 2 is 2.06 bits per heavy atom. The van der Waals surface area contributed by atoms with Crippen molar-refractivity contribution in [3.05, 3.63) is 0 Å². The van der Waals surface area contributed by atoms with Crippen LogP contribution in [-0.2, 0) is 9.59 Å². The average molecular weight is 256 g/mol. The fourth-order valence-corrected chi connectivity index (χ4v) is 2.25. The fourth-order valence-electron chi connectivity index (χ4n) is 1.82. The Morgan fingerprint density at radius 3 is 2.53 bits per heavy atom. The first-order valence-electron chi connectivity index (χ1n) is 6.25. The summed E-state index contributed by atoms with van der Waals surface area (Å²) < 4.78 is 0. The zero-order valence-corrected chi connectivity index (χ0v) is 11.1. The molecule has 0 radical (unpaired) electrons. The maximum Gasteiger partial charge on any atom is 0.242 e. The standard InChI is InChI=1S/C12H20N2O2S/c1-8(11(16)14-9-2-3-9)13-10(15)6-12(7-17)4-5-12/h8-9,17H,2-7H2,1H3,(H,13,15)(H,14,16). The van der Waals surface area contributed by atoms with Gasteiger partial charge in [-0.3, -0.25) is 9.59 Å². The highest BCUT2D eigenvalue weighted by Crippen LogP contribution is 2.49. The summed E-state index contributed by atoms with van der Waals surface area (Å²) in [5.74, 6) is 0.648. The van der Waals surface area contributed by atoms with Crippen molar-refractivity contribution in [1.29, 1.82) is 0 Å². The molecule has 2 N–H and O–H groups in total. The lowest BCUT2D eigenvalue weighted by molar-refractivity contribution is -0.129. The van der Waals surface area contributed by atoms with E-state index in [0.29, 0.717) is 12.5 Å². The summed E-state index contributed by atoms with van der Waals surface area (Å²) in [4.78, 5) is 23.4. The topological polar surface area (TPSA) is 58.2 Å². The lowest BCUT2D eigenvalue weighted by Crippen LogP contribution is -2.46. The zero-order chi connectivity index (χ0) is 12.5. The molecule has 2 fully saturated rings. The van der Waals surface area contributed by atoms with Crippen LogP contribution >= 0.6 is 12.6 Å². The molecule has 2 rings (SSSR count). The minimum absolute atomic E-state index is 0.0324. The summed E-state index contributed by atoms with van der Waals surface area (Å²) in [5.41, 5.74) is 0.111. The lowest BCUT2D eigenvalue weighted by atomic mass is 10.0. The number of nitrogens with one attached hydrogen (secondary N) is 2. The second kappa shape index (κ2) is 4.88. The fraction of sp³-hybridized carbons (Fsp3) is 0.833. The minimum Gasteiger partial charge on any atom is -0.352 e. The van der Waals surface area contributed by atoms with Crippen molar-refractivity contribution >= 4 is 24.4 Å². The Balaban J connectivity index is 1.71. The second-order valence-corrected chi connectivity index (χ2v) is 5.72. The largest absolute Gasteiger partial charge is 0.352 e. The SMILES string of the molecule is CC(NC(=O)CC1(CS)CC1)C(=O)NC1CC1. The quantitative estimate of drug-likeness (QED) is 0.618. The van der Waals surface area contributed by atoms with Gasteiger partial charge in [-0.2, -0.15) is 12.6 Å². The number of hydrogen-bond acceptors (Lipinski definition) is 3. The first kappa shape index (κ1) is 12.7. The van der Waals surface area contributed by atoms with E-state index in [4.69, 9.17) is 0 Å². The summed E-state index contributed by atoms with van der Waals surface area (Å²) in [5, 5.41) is 5.64. The molecule has 4 nitrogen and oxygen atoms in total. The summed E-state index contributed by atoms with van der Waals surface area (Å²) in [7, 11) is 0. The molecule has 0 spiro atoms. The zero-order valence-electron chi connectivity index (χ0n) is 10.2. The van der Waals surface area contributed by atoms with Crippen LogP contribution in [0.2, 0.25) is 0 Å². The van der Waals surface area contributed by atoms with E-state index in [1.807, 2.05) is 0 Å². The Kier molecular flexibility index (Phi) is 3.66. The number of carbonyl (C=O) groups excluding carboxylic acids is 2. The molecule has 0 saturated heterocycles. The van der Waals surface area contributed by atoms with Crippen molar-refractivity contribution in [3.63, 3.8) is 0 Å². The van der Waals surface area contributed by atoms with Gasteiger partial charge in [0.1, 0.15) is 6.04 Å². The van der Waals surface area contributed by atoms with Gasteiger partial charge in [0.2, 0.25) is 11.8 Å². The number of rotatable bonds is 6.